The topological polar surface area (TPSA) is 37.8 Å². The van der Waals surface area contributed by atoms with Gasteiger partial charge in [-0.15, -0.1) is 11.6 Å². The second-order valence-electron chi connectivity index (χ2n) is 2.99. The molecule has 0 aliphatic carbocycles. The third kappa shape index (κ3) is 3.68. The lowest BCUT2D eigenvalue weighted by Crippen LogP contribution is -2.14. The van der Waals surface area contributed by atoms with E-state index in [4.69, 9.17) is 23.2 Å². The Morgan fingerprint density at radius 1 is 1.57 bits per heavy atom. The number of aromatic nitrogens is 2. The van der Waals surface area contributed by atoms with Gasteiger partial charge < -0.3 is 5.32 Å². The Morgan fingerprint density at radius 2 is 2.36 bits per heavy atom. The molecule has 1 atom stereocenters. The molecular formula is C9H13Cl2N3. The first-order valence-electron chi connectivity index (χ1n) is 4.57. The maximum atomic E-state index is 6.03. The van der Waals surface area contributed by atoms with Gasteiger partial charge >= 0.3 is 0 Å². The largest absolute Gasteiger partial charge is 0.367 e. The van der Waals surface area contributed by atoms with Crippen molar-refractivity contribution in [2.45, 2.75) is 25.1 Å². The van der Waals surface area contributed by atoms with Gasteiger partial charge in [-0.3, -0.25) is 0 Å². The molecule has 1 N–H and O–H groups in total. The highest BCUT2D eigenvalue weighted by Crippen LogP contribution is 2.16. The smallest absolute Gasteiger partial charge is 0.148 e. The van der Waals surface area contributed by atoms with Crippen molar-refractivity contribution in [3.63, 3.8) is 0 Å². The van der Waals surface area contributed by atoms with Gasteiger partial charge in [0, 0.05) is 6.54 Å². The minimum Gasteiger partial charge on any atom is -0.367 e. The monoisotopic (exact) mass is 233 g/mol. The van der Waals surface area contributed by atoms with E-state index in [0.29, 0.717) is 17.4 Å². The average Bonchev–Trinajstić information content (AvgIpc) is 2.17. The second-order valence-corrected chi connectivity index (χ2v) is 4.01. The Bertz CT molecular complexity index is 281. The zero-order chi connectivity index (χ0) is 10.4. The quantitative estimate of drug-likeness (QED) is 0.796. The molecule has 14 heavy (non-hydrogen) atoms. The molecule has 3 nitrogen and oxygen atoms in total. The summed E-state index contributed by atoms with van der Waals surface area (Å²) in [5, 5.41) is 3.72. The number of nitrogens with one attached hydrogen (secondary N) is 1. The fourth-order valence-electron chi connectivity index (χ4n) is 1.07. The van der Waals surface area contributed by atoms with E-state index in [1.54, 1.807) is 6.20 Å². The summed E-state index contributed by atoms with van der Waals surface area (Å²) in [5.41, 5.74) is 0. The van der Waals surface area contributed by atoms with Crippen molar-refractivity contribution in [3.05, 3.63) is 17.5 Å². The van der Waals surface area contributed by atoms with Crippen LogP contribution in [0.25, 0.3) is 0 Å². The second kappa shape index (κ2) is 6.04. The van der Waals surface area contributed by atoms with Gasteiger partial charge in [-0.2, -0.15) is 0 Å². The van der Waals surface area contributed by atoms with Crippen molar-refractivity contribution in [3.8, 4) is 0 Å². The summed E-state index contributed by atoms with van der Waals surface area (Å²) in [6, 6.07) is 0. The zero-order valence-electron chi connectivity index (χ0n) is 8.00. The molecular weight excluding hydrogens is 221 g/mol. The third-order valence-electron chi connectivity index (χ3n) is 1.76. The molecule has 78 valence electrons. The summed E-state index contributed by atoms with van der Waals surface area (Å²) >= 11 is 11.9. The van der Waals surface area contributed by atoms with Crippen LogP contribution in [0.3, 0.4) is 0 Å². The maximum absolute atomic E-state index is 6.03. The Labute approximate surface area is 93.9 Å². The summed E-state index contributed by atoms with van der Waals surface area (Å²) in [6.45, 7) is 2.78. The van der Waals surface area contributed by atoms with Crippen LogP contribution in [-0.2, 0) is 0 Å². The number of nitrogens with zero attached hydrogens (tertiary/aromatic N) is 2. The van der Waals surface area contributed by atoms with Gasteiger partial charge in [0.1, 0.15) is 17.2 Å². The lowest BCUT2D eigenvalue weighted by atomic mass is 10.2. The van der Waals surface area contributed by atoms with Crippen LogP contribution in [-0.4, -0.2) is 21.9 Å². The molecule has 1 aromatic rings. The van der Waals surface area contributed by atoms with Gasteiger partial charge in [0.05, 0.1) is 11.6 Å². The number of hydrogen-bond donors (Lipinski definition) is 1. The third-order valence-corrected chi connectivity index (χ3v) is 2.41. The number of rotatable bonds is 5. The standard InChI is InChI=1S/C9H13Cl2N3/c1-2-3-7(10)4-13-9-8(11)5-12-6-14-9/h5-7H,2-4H2,1H3,(H,12,13,14). The minimum absolute atomic E-state index is 0.117. The van der Waals surface area contributed by atoms with E-state index in [2.05, 4.69) is 22.2 Å². The molecule has 0 aromatic carbocycles. The van der Waals surface area contributed by atoms with Crippen LogP contribution in [0.15, 0.2) is 12.5 Å². The molecule has 1 unspecified atom stereocenters. The van der Waals surface area contributed by atoms with Gasteiger partial charge in [0.15, 0.2) is 0 Å². The lowest BCUT2D eigenvalue weighted by Gasteiger charge is -2.10. The van der Waals surface area contributed by atoms with Crippen LogP contribution in [0.2, 0.25) is 5.02 Å². The summed E-state index contributed by atoms with van der Waals surface area (Å²) < 4.78 is 0. The molecule has 0 spiro atoms. The van der Waals surface area contributed by atoms with Gasteiger partial charge in [-0.25, -0.2) is 9.97 Å². The molecule has 1 aromatic heterocycles. The molecule has 0 aliphatic rings. The highest BCUT2D eigenvalue weighted by atomic mass is 35.5. The summed E-state index contributed by atoms with van der Waals surface area (Å²) in [4.78, 5) is 7.79. The summed E-state index contributed by atoms with van der Waals surface area (Å²) in [5.74, 6) is 0.642. The molecule has 5 heteroatoms. The highest BCUT2D eigenvalue weighted by Gasteiger charge is 2.05. The van der Waals surface area contributed by atoms with E-state index in [1.165, 1.54) is 6.33 Å². The van der Waals surface area contributed by atoms with Crippen LogP contribution < -0.4 is 5.32 Å². The molecule has 0 radical (unpaired) electrons. The lowest BCUT2D eigenvalue weighted by molar-refractivity contribution is 0.750. The Balaban J connectivity index is 2.41. The summed E-state index contributed by atoms with van der Waals surface area (Å²) in [6.07, 6.45) is 5.07. The van der Waals surface area contributed by atoms with E-state index >= 15 is 0 Å². The van der Waals surface area contributed by atoms with Crippen LogP contribution in [0.5, 0.6) is 0 Å². The van der Waals surface area contributed by atoms with E-state index in [0.717, 1.165) is 12.8 Å². The molecule has 0 aliphatic heterocycles. The highest BCUT2D eigenvalue weighted by molar-refractivity contribution is 6.32. The van der Waals surface area contributed by atoms with Crippen molar-refractivity contribution in [2.75, 3.05) is 11.9 Å². The Hall–Kier alpha value is -0.540. The van der Waals surface area contributed by atoms with Gasteiger partial charge in [-0.1, -0.05) is 24.9 Å². The van der Waals surface area contributed by atoms with Crippen molar-refractivity contribution in [1.82, 2.24) is 9.97 Å². The van der Waals surface area contributed by atoms with Crippen LogP contribution in [0, 0.1) is 0 Å². The van der Waals surface area contributed by atoms with Crippen molar-refractivity contribution in [1.29, 1.82) is 0 Å². The van der Waals surface area contributed by atoms with Gasteiger partial charge in [-0.05, 0) is 6.42 Å². The molecule has 0 bridgehead atoms. The zero-order valence-corrected chi connectivity index (χ0v) is 9.52. The fraction of sp³-hybridized carbons (Fsp3) is 0.556. The van der Waals surface area contributed by atoms with Crippen LogP contribution in [0.1, 0.15) is 19.8 Å². The van der Waals surface area contributed by atoms with Crippen molar-refractivity contribution < 1.29 is 0 Å². The normalized spacial score (nSPS) is 12.5. The molecule has 1 heterocycles. The van der Waals surface area contributed by atoms with Crippen molar-refractivity contribution >= 4 is 29.0 Å². The Morgan fingerprint density at radius 3 is 3.00 bits per heavy atom. The summed E-state index contributed by atoms with van der Waals surface area (Å²) in [7, 11) is 0. The first-order chi connectivity index (χ1) is 6.74. The van der Waals surface area contributed by atoms with E-state index < -0.39 is 0 Å². The Kier molecular flexibility index (Phi) is 4.98. The molecule has 0 fully saturated rings. The molecule has 0 amide bonds. The minimum atomic E-state index is 0.117. The maximum Gasteiger partial charge on any atom is 0.148 e. The van der Waals surface area contributed by atoms with E-state index in [9.17, 15) is 0 Å². The van der Waals surface area contributed by atoms with Gasteiger partial charge in [0.2, 0.25) is 0 Å². The first kappa shape index (κ1) is 11.5. The van der Waals surface area contributed by atoms with Crippen LogP contribution >= 0.6 is 23.2 Å². The molecule has 1 rings (SSSR count). The SMILES string of the molecule is CCCC(Cl)CNc1ncncc1Cl. The predicted octanol–water partition coefficient (Wildman–Crippen LogP) is 2.95. The number of hydrogen-bond acceptors (Lipinski definition) is 3. The number of alkyl halides is 1. The van der Waals surface area contributed by atoms with Crippen molar-refractivity contribution in [2.24, 2.45) is 0 Å². The molecule has 0 saturated heterocycles. The number of halogens is 2. The van der Waals surface area contributed by atoms with E-state index in [1.807, 2.05) is 0 Å². The fourth-order valence-corrected chi connectivity index (χ4v) is 1.53. The number of anilines is 1. The first-order valence-corrected chi connectivity index (χ1v) is 5.39. The predicted molar refractivity (Wildman–Crippen MR) is 60.1 cm³/mol. The molecule has 0 saturated carbocycles. The van der Waals surface area contributed by atoms with Gasteiger partial charge in [0.25, 0.3) is 0 Å². The van der Waals surface area contributed by atoms with E-state index in [-0.39, 0.29) is 5.38 Å². The van der Waals surface area contributed by atoms with Crippen LogP contribution in [0.4, 0.5) is 5.82 Å². The average molecular weight is 234 g/mol.